The average molecular weight is 349 g/mol. The lowest BCUT2D eigenvalue weighted by Crippen LogP contribution is -2.45. The summed E-state index contributed by atoms with van der Waals surface area (Å²) in [5.74, 6) is 1.62. The molecule has 0 spiro atoms. The van der Waals surface area contributed by atoms with E-state index in [1.54, 1.807) is 12.1 Å². The molecule has 2 aliphatic rings. The first-order valence-electron chi connectivity index (χ1n) is 8.56. The average Bonchev–Trinajstić information content (AvgIpc) is 2.55. The van der Waals surface area contributed by atoms with Crippen LogP contribution in [0.25, 0.3) is 0 Å². The number of benzene rings is 1. The van der Waals surface area contributed by atoms with Crippen LogP contribution in [0.2, 0.25) is 0 Å². The van der Waals surface area contributed by atoms with Crippen LogP contribution < -0.4 is 0 Å². The molecule has 4 heteroatoms. The number of phenolic OH excluding ortho intramolecular Hbond substituents is 1. The van der Waals surface area contributed by atoms with Crippen molar-refractivity contribution in [2.24, 2.45) is 5.92 Å². The number of aryl methyl sites for hydroxylation is 1. The van der Waals surface area contributed by atoms with Gasteiger partial charge in [-0.15, -0.1) is 13.2 Å². The van der Waals surface area contributed by atoms with Crippen molar-refractivity contribution in [3.63, 3.8) is 0 Å². The van der Waals surface area contributed by atoms with Crippen molar-refractivity contribution in [1.82, 2.24) is 0 Å². The summed E-state index contributed by atoms with van der Waals surface area (Å²) in [5, 5.41) is 19.8. The molecule has 1 aromatic carbocycles. The maximum Gasteiger partial charge on any atom is 0.115 e. The summed E-state index contributed by atoms with van der Waals surface area (Å²) in [4.78, 5) is 0. The zero-order valence-electron chi connectivity index (χ0n) is 14.2. The first-order chi connectivity index (χ1) is 11.6. The summed E-state index contributed by atoms with van der Waals surface area (Å²) in [6.07, 6.45) is 9.44. The fourth-order valence-corrected chi connectivity index (χ4v) is 4.49. The van der Waals surface area contributed by atoms with E-state index < -0.39 is 0 Å². The molecule has 0 amide bonds. The molecule has 0 saturated heterocycles. The predicted molar refractivity (Wildman–Crippen MR) is 102 cm³/mol. The quantitative estimate of drug-likeness (QED) is 0.545. The van der Waals surface area contributed by atoms with Gasteiger partial charge in [0.25, 0.3) is 0 Å². The minimum absolute atomic E-state index is 0.0424. The summed E-state index contributed by atoms with van der Waals surface area (Å²) in [6, 6.07) is 5.75. The maximum atomic E-state index is 10.1. The fraction of sp³-hybridized carbons (Fsp3) is 0.500. The summed E-state index contributed by atoms with van der Waals surface area (Å²) in [6.45, 7) is 7.29. The molecule has 3 unspecified atom stereocenters. The number of allylic oxidation sites excluding steroid dienone is 1. The summed E-state index contributed by atoms with van der Waals surface area (Å²) in [5.41, 5.74) is 2.63. The van der Waals surface area contributed by atoms with Gasteiger partial charge in [-0.25, -0.2) is 0 Å². The van der Waals surface area contributed by atoms with Crippen LogP contribution in [0.15, 0.2) is 43.5 Å². The van der Waals surface area contributed by atoms with E-state index in [-0.39, 0.29) is 11.5 Å². The lowest BCUT2D eigenvalue weighted by molar-refractivity contribution is 0.0394. The molecule has 3 rings (SSSR count). The largest absolute Gasteiger partial charge is 0.508 e. The number of aliphatic hydroxyl groups excluding tert-OH is 1. The van der Waals surface area contributed by atoms with Gasteiger partial charge in [0.05, 0.1) is 6.10 Å². The third-order valence-corrected chi connectivity index (χ3v) is 5.70. The van der Waals surface area contributed by atoms with E-state index in [1.165, 1.54) is 11.1 Å². The molecule has 24 heavy (non-hydrogen) atoms. The first kappa shape index (κ1) is 19.1. The zero-order valence-corrected chi connectivity index (χ0v) is 15.0. The highest BCUT2D eigenvalue weighted by Gasteiger charge is 2.46. The molecule has 3 atom stereocenters. The SMILES string of the molecule is C=CCC12CC(O)CCC1CCc1cc(O)ccc12.C=CCSO. The highest BCUT2D eigenvalue weighted by molar-refractivity contribution is 7.93. The Bertz CT molecular complexity index is 572. The van der Waals surface area contributed by atoms with Crippen LogP contribution in [-0.4, -0.2) is 26.6 Å². The Labute approximate surface area is 149 Å². The molecule has 0 bridgehead atoms. The van der Waals surface area contributed by atoms with E-state index in [2.05, 4.69) is 19.2 Å². The molecule has 2 aliphatic carbocycles. The predicted octanol–water partition coefficient (Wildman–Crippen LogP) is 4.69. The fourth-order valence-electron chi connectivity index (χ4n) is 4.38. The van der Waals surface area contributed by atoms with E-state index in [9.17, 15) is 10.2 Å². The van der Waals surface area contributed by atoms with E-state index in [1.807, 2.05) is 12.1 Å². The highest BCUT2D eigenvalue weighted by Crippen LogP contribution is 2.52. The molecule has 132 valence electrons. The van der Waals surface area contributed by atoms with Crippen molar-refractivity contribution in [2.75, 3.05) is 5.75 Å². The minimum atomic E-state index is -0.198. The molecular formula is C20H28O3S. The molecule has 1 aromatic rings. The molecule has 3 N–H and O–H groups in total. The monoisotopic (exact) mass is 348 g/mol. The molecule has 0 aliphatic heterocycles. The van der Waals surface area contributed by atoms with Gasteiger partial charge < -0.3 is 14.8 Å². The Morgan fingerprint density at radius 1 is 1.21 bits per heavy atom. The zero-order chi connectivity index (χ0) is 17.6. The topological polar surface area (TPSA) is 60.7 Å². The Morgan fingerprint density at radius 2 is 2.00 bits per heavy atom. The number of fused-ring (bicyclic) bond motifs is 3. The Hall–Kier alpha value is -1.23. The molecule has 1 saturated carbocycles. The van der Waals surface area contributed by atoms with Gasteiger partial charge in [0, 0.05) is 11.2 Å². The van der Waals surface area contributed by atoms with E-state index in [4.69, 9.17) is 4.55 Å². The Morgan fingerprint density at radius 3 is 2.62 bits per heavy atom. The second-order valence-electron chi connectivity index (χ2n) is 6.75. The second-order valence-corrected chi connectivity index (χ2v) is 7.34. The van der Waals surface area contributed by atoms with E-state index >= 15 is 0 Å². The van der Waals surface area contributed by atoms with Crippen LogP contribution in [0.1, 0.15) is 43.2 Å². The van der Waals surface area contributed by atoms with E-state index in [0.29, 0.717) is 17.4 Å². The molecule has 0 radical (unpaired) electrons. The number of aliphatic hydroxyl groups is 1. The number of rotatable bonds is 4. The highest BCUT2D eigenvalue weighted by atomic mass is 32.2. The van der Waals surface area contributed by atoms with Crippen molar-refractivity contribution in [3.05, 3.63) is 54.6 Å². The second kappa shape index (κ2) is 8.75. The molecule has 0 aromatic heterocycles. The van der Waals surface area contributed by atoms with Crippen LogP contribution >= 0.6 is 12.0 Å². The van der Waals surface area contributed by atoms with Crippen LogP contribution in [0.4, 0.5) is 0 Å². The lowest BCUT2D eigenvalue weighted by atomic mass is 9.55. The number of phenols is 1. The van der Waals surface area contributed by atoms with Crippen LogP contribution in [0.5, 0.6) is 5.75 Å². The van der Waals surface area contributed by atoms with Gasteiger partial charge in [-0.3, -0.25) is 0 Å². The molecular weight excluding hydrogens is 320 g/mol. The Kier molecular flexibility index (Phi) is 6.96. The lowest BCUT2D eigenvalue weighted by Gasteiger charge is -2.50. The number of aromatic hydroxyl groups is 1. The van der Waals surface area contributed by atoms with Crippen molar-refractivity contribution >= 4 is 12.0 Å². The van der Waals surface area contributed by atoms with Crippen LogP contribution in [0, 0.1) is 5.92 Å². The van der Waals surface area contributed by atoms with Gasteiger partial charge >= 0.3 is 0 Å². The van der Waals surface area contributed by atoms with Gasteiger partial charge in [0.2, 0.25) is 0 Å². The Balaban J connectivity index is 0.000000368. The smallest absolute Gasteiger partial charge is 0.115 e. The molecule has 0 heterocycles. The summed E-state index contributed by atoms with van der Waals surface area (Å²) < 4.78 is 7.91. The van der Waals surface area contributed by atoms with Crippen molar-refractivity contribution in [1.29, 1.82) is 0 Å². The van der Waals surface area contributed by atoms with Crippen LogP contribution in [0.3, 0.4) is 0 Å². The van der Waals surface area contributed by atoms with Crippen molar-refractivity contribution in [3.8, 4) is 5.75 Å². The normalized spacial score (nSPS) is 27.9. The van der Waals surface area contributed by atoms with Gasteiger partial charge in [-0.2, -0.15) is 0 Å². The third kappa shape index (κ3) is 4.05. The summed E-state index contributed by atoms with van der Waals surface area (Å²) >= 11 is 0.784. The van der Waals surface area contributed by atoms with Crippen LogP contribution in [-0.2, 0) is 11.8 Å². The standard InChI is InChI=1S/C17H22O2.C3H6OS/c1-2-9-17-11-15(19)6-5-13(17)4-3-12-10-14(18)7-8-16(12)17;1-2-3-5-4/h2,7-8,10,13,15,18-19H,1,3-6,9,11H2;2,4H,1,3H2. The van der Waals surface area contributed by atoms with Crippen molar-refractivity contribution in [2.45, 2.75) is 50.0 Å². The van der Waals surface area contributed by atoms with Gasteiger partial charge in [0.1, 0.15) is 5.75 Å². The molecule has 1 fully saturated rings. The van der Waals surface area contributed by atoms with Gasteiger partial charge in [-0.05, 0) is 79.7 Å². The minimum Gasteiger partial charge on any atom is -0.508 e. The third-order valence-electron chi connectivity index (χ3n) is 5.32. The molecule has 3 nitrogen and oxygen atoms in total. The van der Waals surface area contributed by atoms with E-state index in [0.717, 1.165) is 50.6 Å². The first-order valence-corrected chi connectivity index (χ1v) is 9.50. The number of hydrogen-bond donors (Lipinski definition) is 3. The van der Waals surface area contributed by atoms with Gasteiger partial charge in [0.15, 0.2) is 0 Å². The maximum absolute atomic E-state index is 10.1. The van der Waals surface area contributed by atoms with Gasteiger partial charge in [-0.1, -0.05) is 18.2 Å². The number of hydrogen-bond acceptors (Lipinski definition) is 4. The summed E-state index contributed by atoms with van der Waals surface area (Å²) in [7, 11) is 0. The van der Waals surface area contributed by atoms with Crippen molar-refractivity contribution < 1.29 is 14.8 Å².